The maximum absolute atomic E-state index is 12.3. The molecule has 138 valence electrons. The number of carbonyl (C=O) groups excluding carboxylic acids is 2. The van der Waals surface area contributed by atoms with Crippen LogP contribution in [0.25, 0.3) is 0 Å². The van der Waals surface area contributed by atoms with Gasteiger partial charge in [0.2, 0.25) is 11.8 Å². The molecule has 1 unspecified atom stereocenters. The number of nitrogens with one attached hydrogen (secondary N) is 2. The van der Waals surface area contributed by atoms with Crippen LogP contribution in [0.5, 0.6) is 0 Å². The van der Waals surface area contributed by atoms with Crippen LogP contribution in [-0.4, -0.2) is 23.6 Å². The molecule has 2 amide bonds. The van der Waals surface area contributed by atoms with Gasteiger partial charge < -0.3 is 10.6 Å². The van der Waals surface area contributed by atoms with Gasteiger partial charge in [-0.1, -0.05) is 35.9 Å². The Morgan fingerprint density at radius 1 is 1.00 bits per heavy atom. The van der Waals surface area contributed by atoms with E-state index in [0.29, 0.717) is 0 Å². The van der Waals surface area contributed by atoms with Crippen LogP contribution in [0.1, 0.15) is 29.2 Å². The average Bonchev–Trinajstić information content (AvgIpc) is 2.58. The van der Waals surface area contributed by atoms with E-state index in [0.717, 1.165) is 27.3 Å². The van der Waals surface area contributed by atoms with Crippen molar-refractivity contribution in [3.05, 3.63) is 58.7 Å². The van der Waals surface area contributed by atoms with Gasteiger partial charge >= 0.3 is 0 Å². The molecule has 2 aromatic carbocycles. The van der Waals surface area contributed by atoms with Crippen molar-refractivity contribution in [2.24, 2.45) is 0 Å². The minimum Gasteiger partial charge on any atom is -0.346 e. The standard InChI is InChI=1S/C21H26N2O2S/c1-13-9-10-18(16(4)11-13)26-17(5)21(25)22-12-19(24)23-20-14(2)7-6-8-15(20)3/h6-11,17H,12H2,1-5H3,(H,22,25)(H,23,24). The Kier molecular flexibility index (Phi) is 6.86. The van der Waals surface area contributed by atoms with Gasteiger partial charge in [0.25, 0.3) is 0 Å². The summed E-state index contributed by atoms with van der Waals surface area (Å²) in [4.78, 5) is 25.5. The van der Waals surface area contributed by atoms with Crippen molar-refractivity contribution in [2.45, 2.75) is 44.8 Å². The molecule has 2 aromatic rings. The van der Waals surface area contributed by atoms with E-state index >= 15 is 0 Å². The predicted molar refractivity (Wildman–Crippen MR) is 109 cm³/mol. The van der Waals surface area contributed by atoms with Crippen molar-refractivity contribution in [3.8, 4) is 0 Å². The molecular formula is C21H26N2O2S. The van der Waals surface area contributed by atoms with Crippen molar-refractivity contribution in [3.63, 3.8) is 0 Å². The summed E-state index contributed by atoms with van der Waals surface area (Å²) in [6, 6.07) is 12.0. The highest BCUT2D eigenvalue weighted by Crippen LogP contribution is 2.27. The van der Waals surface area contributed by atoms with Gasteiger partial charge in [0.05, 0.1) is 11.8 Å². The molecule has 1 atom stereocenters. The van der Waals surface area contributed by atoms with E-state index in [1.165, 1.54) is 17.3 Å². The fraction of sp³-hybridized carbons (Fsp3) is 0.333. The van der Waals surface area contributed by atoms with Gasteiger partial charge in [-0.2, -0.15) is 0 Å². The summed E-state index contributed by atoms with van der Waals surface area (Å²) in [6.07, 6.45) is 0. The van der Waals surface area contributed by atoms with E-state index in [2.05, 4.69) is 16.7 Å². The predicted octanol–water partition coefficient (Wildman–Crippen LogP) is 4.16. The lowest BCUT2D eigenvalue weighted by atomic mass is 10.1. The molecule has 0 spiro atoms. The van der Waals surface area contributed by atoms with Crippen molar-refractivity contribution in [2.75, 3.05) is 11.9 Å². The van der Waals surface area contributed by atoms with Gasteiger partial charge in [0.15, 0.2) is 0 Å². The molecule has 0 radical (unpaired) electrons. The van der Waals surface area contributed by atoms with Gasteiger partial charge in [0.1, 0.15) is 0 Å². The molecule has 5 heteroatoms. The summed E-state index contributed by atoms with van der Waals surface area (Å²) in [5, 5.41) is 5.32. The van der Waals surface area contributed by atoms with Crippen LogP contribution in [0.3, 0.4) is 0 Å². The zero-order chi connectivity index (χ0) is 19.3. The monoisotopic (exact) mass is 370 g/mol. The summed E-state index contributed by atoms with van der Waals surface area (Å²) in [6.45, 7) is 9.80. The molecule has 2 rings (SSSR count). The zero-order valence-electron chi connectivity index (χ0n) is 16.0. The Labute approximate surface area is 159 Å². The molecule has 0 aliphatic rings. The van der Waals surface area contributed by atoms with Crippen LogP contribution >= 0.6 is 11.8 Å². The van der Waals surface area contributed by atoms with Gasteiger partial charge in [-0.15, -0.1) is 11.8 Å². The molecule has 0 aliphatic carbocycles. The molecule has 0 saturated heterocycles. The summed E-state index contributed by atoms with van der Waals surface area (Å²) >= 11 is 1.50. The highest BCUT2D eigenvalue weighted by molar-refractivity contribution is 8.00. The number of aryl methyl sites for hydroxylation is 4. The summed E-state index contributed by atoms with van der Waals surface area (Å²) < 4.78 is 0. The van der Waals surface area contributed by atoms with Crippen LogP contribution in [0.2, 0.25) is 0 Å². The van der Waals surface area contributed by atoms with Crippen LogP contribution in [0, 0.1) is 27.7 Å². The lowest BCUT2D eigenvalue weighted by Gasteiger charge is -2.15. The Morgan fingerprint density at radius 3 is 2.27 bits per heavy atom. The largest absolute Gasteiger partial charge is 0.346 e. The van der Waals surface area contributed by atoms with E-state index in [9.17, 15) is 9.59 Å². The molecule has 0 aliphatic heterocycles. The first kappa shape index (κ1) is 20.0. The number of hydrogen-bond acceptors (Lipinski definition) is 3. The first-order chi connectivity index (χ1) is 12.3. The second-order valence-electron chi connectivity index (χ2n) is 6.56. The normalized spacial score (nSPS) is 11.7. The maximum atomic E-state index is 12.3. The summed E-state index contributed by atoms with van der Waals surface area (Å²) in [5.41, 5.74) is 5.17. The molecular weight excluding hydrogens is 344 g/mol. The van der Waals surface area contributed by atoms with E-state index in [4.69, 9.17) is 0 Å². The quantitative estimate of drug-likeness (QED) is 0.751. The van der Waals surface area contributed by atoms with Crippen molar-refractivity contribution in [1.29, 1.82) is 0 Å². The maximum Gasteiger partial charge on any atom is 0.243 e. The van der Waals surface area contributed by atoms with Gasteiger partial charge in [-0.05, 0) is 57.4 Å². The lowest BCUT2D eigenvalue weighted by molar-refractivity contribution is -0.123. The van der Waals surface area contributed by atoms with Gasteiger partial charge in [-0.25, -0.2) is 0 Å². The molecule has 4 nitrogen and oxygen atoms in total. The smallest absolute Gasteiger partial charge is 0.243 e. The topological polar surface area (TPSA) is 58.2 Å². The third-order valence-corrected chi connectivity index (χ3v) is 5.45. The van der Waals surface area contributed by atoms with Gasteiger partial charge in [0, 0.05) is 10.6 Å². The molecule has 2 N–H and O–H groups in total. The van der Waals surface area contributed by atoms with E-state index in [1.54, 1.807) is 0 Å². The molecule has 0 fully saturated rings. The first-order valence-electron chi connectivity index (χ1n) is 8.65. The lowest BCUT2D eigenvalue weighted by Crippen LogP contribution is -2.37. The molecule has 0 heterocycles. The number of hydrogen-bond donors (Lipinski definition) is 2. The fourth-order valence-corrected chi connectivity index (χ4v) is 3.64. The van der Waals surface area contributed by atoms with Gasteiger partial charge in [-0.3, -0.25) is 9.59 Å². The molecule has 0 aromatic heterocycles. The second kappa shape index (κ2) is 8.90. The number of rotatable bonds is 6. The minimum atomic E-state index is -0.274. The number of amides is 2. The van der Waals surface area contributed by atoms with Crippen LogP contribution in [0.15, 0.2) is 41.3 Å². The third kappa shape index (κ3) is 5.36. The zero-order valence-corrected chi connectivity index (χ0v) is 16.8. The van der Waals surface area contributed by atoms with Crippen LogP contribution < -0.4 is 10.6 Å². The molecule has 0 bridgehead atoms. The van der Waals surface area contributed by atoms with E-state index in [1.807, 2.05) is 65.0 Å². The van der Waals surface area contributed by atoms with Crippen LogP contribution in [-0.2, 0) is 9.59 Å². The summed E-state index contributed by atoms with van der Waals surface area (Å²) in [7, 11) is 0. The van der Waals surface area contributed by atoms with Crippen LogP contribution in [0.4, 0.5) is 5.69 Å². The first-order valence-corrected chi connectivity index (χ1v) is 9.53. The molecule has 0 saturated carbocycles. The summed E-state index contributed by atoms with van der Waals surface area (Å²) in [5.74, 6) is -0.369. The Morgan fingerprint density at radius 2 is 1.65 bits per heavy atom. The SMILES string of the molecule is Cc1ccc(SC(C)C(=O)NCC(=O)Nc2c(C)cccc2C)c(C)c1. The minimum absolute atomic E-state index is 0.0373. The fourth-order valence-electron chi connectivity index (χ4n) is 2.68. The van der Waals surface area contributed by atoms with Crippen molar-refractivity contribution < 1.29 is 9.59 Å². The number of anilines is 1. The Bertz CT molecular complexity index is 797. The van der Waals surface area contributed by atoms with Crippen molar-refractivity contribution in [1.82, 2.24) is 5.32 Å². The van der Waals surface area contributed by atoms with E-state index in [-0.39, 0.29) is 23.6 Å². The average molecular weight is 371 g/mol. The number of para-hydroxylation sites is 1. The Hall–Kier alpha value is -2.27. The third-order valence-electron chi connectivity index (χ3n) is 4.17. The molecule has 26 heavy (non-hydrogen) atoms. The highest BCUT2D eigenvalue weighted by atomic mass is 32.2. The number of thioether (sulfide) groups is 1. The highest BCUT2D eigenvalue weighted by Gasteiger charge is 2.16. The Balaban J connectivity index is 1.88. The van der Waals surface area contributed by atoms with E-state index < -0.39 is 0 Å². The second-order valence-corrected chi connectivity index (χ2v) is 7.94. The van der Waals surface area contributed by atoms with Crippen molar-refractivity contribution >= 4 is 29.3 Å². The number of benzene rings is 2. The number of carbonyl (C=O) groups is 2.